The van der Waals surface area contributed by atoms with Gasteiger partial charge in [-0.05, 0) is 30.7 Å². The number of hydrogen-bond donors (Lipinski definition) is 1. The van der Waals surface area contributed by atoms with E-state index in [4.69, 9.17) is 5.73 Å². The van der Waals surface area contributed by atoms with Gasteiger partial charge in [0.05, 0.1) is 0 Å². The Bertz CT molecular complexity index is 562. The molecule has 1 aromatic heterocycles. The summed E-state index contributed by atoms with van der Waals surface area (Å²) in [6.45, 7) is 1.81. The fraction of sp³-hybridized carbons (Fsp3) is 0.250. The van der Waals surface area contributed by atoms with Gasteiger partial charge in [-0.1, -0.05) is 0 Å². The van der Waals surface area contributed by atoms with Gasteiger partial charge in [0, 0.05) is 19.7 Å². The summed E-state index contributed by atoms with van der Waals surface area (Å²) in [6, 6.07) is 4.62. The summed E-state index contributed by atoms with van der Waals surface area (Å²) in [5.74, 6) is 0.606. The number of anilines is 2. The highest BCUT2D eigenvalue weighted by atomic mass is 19.1. The molecule has 0 saturated heterocycles. The van der Waals surface area contributed by atoms with Gasteiger partial charge in [-0.15, -0.1) is 0 Å². The maximum absolute atomic E-state index is 13.4. The zero-order valence-corrected chi connectivity index (χ0v) is 10.5. The van der Waals surface area contributed by atoms with Crippen LogP contribution in [0.4, 0.5) is 16.3 Å². The number of aryl methyl sites for hydroxylation is 1. The van der Waals surface area contributed by atoms with Crippen LogP contribution in [0.25, 0.3) is 11.4 Å². The van der Waals surface area contributed by atoms with E-state index in [1.165, 1.54) is 12.1 Å². The molecule has 94 valence electrons. The van der Waals surface area contributed by atoms with Crippen molar-refractivity contribution in [2.45, 2.75) is 6.92 Å². The van der Waals surface area contributed by atoms with Gasteiger partial charge >= 0.3 is 0 Å². The third-order valence-electron chi connectivity index (χ3n) is 2.34. The van der Waals surface area contributed by atoms with Gasteiger partial charge < -0.3 is 10.6 Å². The maximum atomic E-state index is 13.4. The van der Waals surface area contributed by atoms with Crippen molar-refractivity contribution in [2.24, 2.45) is 0 Å². The van der Waals surface area contributed by atoms with Crippen molar-refractivity contribution in [1.82, 2.24) is 15.0 Å². The topological polar surface area (TPSA) is 67.9 Å². The Morgan fingerprint density at radius 1 is 1.11 bits per heavy atom. The van der Waals surface area contributed by atoms with Crippen LogP contribution < -0.4 is 10.6 Å². The number of nitrogens with two attached hydrogens (primary N) is 1. The summed E-state index contributed by atoms with van der Waals surface area (Å²) < 4.78 is 13.4. The zero-order valence-electron chi connectivity index (χ0n) is 10.5. The fourth-order valence-corrected chi connectivity index (χ4v) is 1.58. The minimum absolute atomic E-state index is 0.116. The number of nitrogens with zero attached hydrogens (tertiary/aromatic N) is 4. The normalized spacial score (nSPS) is 10.4. The second-order valence-electron chi connectivity index (χ2n) is 4.23. The molecule has 0 spiro atoms. The van der Waals surface area contributed by atoms with Crippen LogP contribution in [0.5, 0.6) is 0 Å². The molecule has 0 atom stereocenters. The highest BCUT2D eigenvalue weighted by Crippen LogP contribution is 2.20. The summed E-state index contributed by atoms with van der Waals surface area (Å²) in [5.41, 5.74) is 7.02. The molecule has 2 rings (SSSR count). The van der Waals surface area contributed by atoms with Gasteiger partial charge in [0.1, 0.15) is 5.82 Å². The van der Waals surface area contributed by atoms with E-state index < -0.39 is 0 Å². The van der Waals surface area contributed by atoms with Crippen molar-refractivity contribution in [3.8, 4) is 11.4 Å². The molecule has 0 aliphatic heterocycles. The Balaban J connectivity index is 2.56. The van der Waals surface area contributed by atoms with Gasteiger partial charge in [-0.2, -0.15) is 15.0 Å². The maximum Gasteiger partial charge on any atom is 0.230 e. The molecule has 18 heavy (non-hydrogen) atoms. The highest BCUT2D eigenvalue weighted by Gasteiger charge is 2.09. The quantitative estimate of drug-likeness (QED) is 0.873. The smallest absolute Gasteiger partial charge is 0.230 e. The van der Waals surface area contributed by atoms with Gasteiger partial charge in [0.2, 0.25) is 11.9 Å². The van der Waals surface area contributed by atoms with Gasteiger partial charge in [0.15, 0.2) is 5.82 Å². The standard InChI is InChI=1S/C12H14FN5/c1-7-4-8(6-9(13)5-7)10-15-11(14)17-12(16-10)18(2)3/h4-6H,1-3H3,(H2,14,15,16,17). The SMILES string of the molecule is Cc1cc(F)cc(-c2nc(N)nc(N(C)C)n2)c1. The van der Waals surface area contributed by atoms with Gasteiger partial charge in [-0.25, -0.2) is 4.39 Å². The average molecular weight is 247 g/mol. The molecule has 0 aliphatic carbocycles. The lowest BCUT2D eigenvalue weighted by atomic mass is 10.1. The third kappa shape index (κ3) is 2.53. The van der Waals surface area contributed by atoms with Crippen LogP contribution in [-0.4, -0.2) is 29.0 Å². The summed E-state index contributed by atoms with van der Waals surface area (Å²) in [6.07, 6.45) is 0. The van der Waals surface area contributed by atoms with Gasteiger partial charge in [0.25, 0.3) is 0 Å². The number of aromatic nitrogens is 3. The van der Waals surface area contributed by atoms with E-state index in [-0.39, 0.29) is 11.8 Å². The van der Waals surface area contributed by atoms with E-state index in [2.05, 4.69) is 15.0 Å². The molecule has 2 N–H and O–H groups in total. The Hall–Kier alpha value is -2.24. The van der Waals surface area contributed by atoms with Crippen molar-refractivity contribution < 1.29 is 4.39 Å². The predicted octanol–water partition coefficient (Wildman–Crippen LogP) is 1.63. The van der Waals surface area contributed by atoms with Gasteiger partial charge in [-0.3, -0.25) is 0 Å². The molecule has 0 amide bonds. The van der Waals surface area contributed by atoms with E-state index in [0.29, 0.717) is 17.3 Å². The first-order valence-corrected chi connectivity index (χ1v) is 5.42. The van der Waals surface area contributed by atoms with E-state index in [1.54, 1.807) is 25.1 Å². The van der Waals surface area contributed by atoms with Crippen molar-refractivity contribution in [3.05, 3.63) is 29.6 Å². The molecule has 1 aromatic carbocycles. The Morgan fingerprint density at radius 3 is 2.44 bits per heavy atom. The molecule has 1 heterocycles. The first kappa shape index (κ1) is 12.2. The van der Waals surface area contributed by atoms with Crippen LogP contribution in [0.3, 0.4) is 0 Å². The van der Waals surface area contributed by atoms with Crippen LogP contribution >= 0.6 is 0 Å². The lowest BCUT2D eigenvalue weighted by Crippen LogP contribution is -2.15. The molecular formula is C12H14FN5. The van der Waals surface area contributed by atoms with E-state index in [1.807, 2.05) is 6.92 Å². The molecule has 0 aliphatic rings. The molecule has 6 heteroatoms. The van der Waals surface area contributed by atoms with Crippen molar-refractivity contribution in [1.29, 1.82) is 0 Å². The molecule has 5 nitrogen and oxygen atoms in total. The Labute approximate surface area is 105 Å². The lowest BCUT2D eigenvalue weighted by molar-refractivity contribution is 0.627. The Morgan fingerprint density at radius 2 is 1.83 bits per heavy atom. The third-order valence-corrected chi connectivity index (χ3v) is 2.34. The molecule has 0 unspecified atom stereocenters. The minimum atomic E-state index is -0.324. The first-order valence-electron chi connectivity index (χ1n) is 5.42. The Kier molecular flexibility index (Phi) is 3.10. The molecular weight excluding hydrogens is 233 g/mol. The molecule has 0 bridgehead atoms. The second kappa shape index (κ2) is 4.56. The fourth-order valence-electron chi connectivity index (χ4n) is 1.58. The number of benzene rings is 1. The molecule has 0 saturated carbocycles. The van der Waals surface area contributed by atoms with Crippen molar-refractivity contribution in [3.63, 3.8) is 0 Å². The first-order chi connectivity index (χ1) is 8.45. The number of hydrogen-bond acceptors (Lipinski definition) is 5. The lowest BCUT2D eigenvalue weighted by Gasteiger charge is -2.11. The summed E-state index contributed by atoms with van der Waals surface area (Å²) >= 11 is 0. The van der Waals surface area contributed by atoms with Crippen LogP contribution in [0, 0.1) is 12.7 Å². The zero-order chi connectivity index (χ0) is 13.3. The van der Waals surface area contributed by atoms with Crippen LogP contribution in [0.2, 0.25) is 0 Å². The van der Waals surface area contributed by atoms with Crippen LogP contribution in [0.1, 0.15) is 5.56 Å². The number of rotatable bonds is 2. The number of halogens is 1. The second-order valence-corrected chi connectivity index (χ2v) is 4.23. The van der Waals surface area contributed by atoms with E-state index in [9.17, 15) is 4.39 Å². The van der Waals surface area contributed by atoms with Crippen molar-refractivity contribution >= 4 is 11.9 Å². The highest BCUT2D eigenvalue weighted by molar-refractivity contribution is 5.58. The summed E-state index contributed by atoms with van der Waals surface area (Å²) in [4.78, 5) is 14.0. The van der Waals surface area contributed by atoms with Crippen molar-refractivity contribution in [2.75, 3.05) is 24.7 Å². The summed E-state index contributed by atoms with van der Waals surface area (Å²) in [5, 5.41) is 0. The summed E-state index contributed by atoms with van der Waals surface area (Å²) in [7, 11) is 3.60. The average Bonchev–Trinajstić information content (AvgIpc) is 2.26. The van der Waals surface area contributed by atoms with Crippen LogP contribution in [-0.2, 0) is 0 Å². The number of nitrogen functional groups attached to an aromatic ring is 1. The van der Waals surface area contributed by atoms with Crippen LogP contribution in [0.15, 0.2) is 18.2 Å². The predicted molar refractivity (Wildman–Crippen MR) is 68.7 cm³/mol. The molecule has 0 fully saturated rings. The monoisotopic (exact) mass is 247 g/mol. The molecule has 0 radical (unpaired) electrons. The van der Waals surface area contributed by atoms with E-state index >= 15 is 0 Å². The van der Waals surface area contributed by atoms with E-state index in [0.717, 1.165) is 5.56 Å². The largest absolute Gasteiger partial charge is 0.368 e. The minimum Gasteiger partial charge on any atom is -0.368 e. The molecule has 2 aromatic rings.